The third-order valence-electron chi connectivity index (χ3n) is 4.40. The molecule has 1 aliphatic rings. The molecule has 3 atom stereocenters. The highest BCUT2D eigenvalue weighted by molar-refractivity contribution is 4.90. The first-order chi connectivity index (χ1) is 7.42. The van der Waals surface area contributed by atoms with Crippen molar-refractivity contribution in [2.45, 2.75) is 46.2 Å². The first kappa shape index (κ1) is 13.9. The van der Waals surface area contributed by atoms with Gasteiger partial charge in [0.15, 0.2) is 0 Å². The second kappa shape index (κ2) is 5.48. The Morgan fingerprint density at radius 3 is 2.62 bits per heavy atom. The Labute approximate surface area is 100 Å². The molecule has 0 aromatic carbocycles. The van der Waals surface area contributed by atoms with E-state index in [2.05, 4.69) is 37.9 Å². The van der Waals surface area contributed by atoms with Gasteiger partial charge in [-0.2, -0.15) is 0 Å². The second-order valence-electron chi connectivity index (χ2n) is 5.99. The van der Waals surface area contributed by atoms with Crippen molar-refractivity contribution < 1.29 is 5.11 Å². The van der Waals surface area contributed by atoms with Crippen LogP contribution < -0.4 is 5.32 Å². The fourth-order valence-corrected chi connectivity index (χ4v) is 2.63. The van der Waals surface area contributed by atoms with Gasteiger partial charge >= 0.3 is 0 Å². The zero-order chi connectivity index (χ0) is 12.3. The van der Waals surface area contributed by atoms with Crippen molar-refractivity contribution >= 4 is 0 Å². The Bertz CT molecular complexity index is 218. The molecule has 0 bridgehead atoms. The van der Waals surface area contributed by atoms with Crippen LogP contribution in [0.25, 0.3) is 0 Å². The maximum atomic E-state index is 9.44. The lowest BCUT2D eigenvalue weighted by Crippen LogP contribution is -2.48. The second-order valence-corrected chi connectivity index (χ2v) is 5.99. The largest absolute Gasteiger partial charge is 0.395 e. The highest BCUT2D eigenvalue weighted by Crippen LogP contribution is 2.29. The summed E-state index contributed by atoms with van der Waals surface area (Å²) in [7, 11) is 2.02. The van der Waals surface area contributed by atoms with Crippen LogP contribution in [-0.2, 0) is 0 Å². The molecule has 1 saturated heterocycles. The topological polar surface area (TPSA) is 35.5 Å². The molecule has 0 radical (unpaired) electrons. The van der Waals surface area contributed by atoms with Gasteiger partial charge in [0.05, 0.1) is 6.61 Å². The average Bonchev–Trinajstić information content (AvgIpc) is 2.57. The van der Waals surface area contributed by atoms with Crippen LogP contribution in [-0.4, -0.2) is 48.8 Å². The molecule has 0 aromatic heterocycles. The maximum Gasteiger partial charge on any atom is 0.0589 e. The van der Waals surface area contributed by atoms with E-state index in [1.165, 1.54) is 6.42 Å². The number of nitrogens with one attached hydrogen (secondary N) is 1. The third-order valence-corrected chi connectivity index (χ3v) is 4.40. The van der Waals surface area contributed by atoms with E-state index in [9.17, 15) is 5.11 Å². The number of hydrogen-bond acceptors (Lipinski definition) is 3. The standard InChI is InChI=1S/C13H28N2O/c1-10-6-7-15(12(10)8-16)9-13(3,4)11(2)14-5/h10-12,14,16H,6-9H2,1-5H3. The summed E-state index contributed by atoms with van der Waals surface area (Å²) in [5.74, 6) is 0.630. The monoisotopic (exact) mass is 228 g/mol. The summed E-state index contributed by atoms with van der Waals surface area (Å²) in [6.45, 7) is 11.6. The molecule has 0 spiro atoms. The number of rotatable bonds is 5. The van der Waals surface area contributed by atoms with Gasteiger partial charge < -0.3 is 10.4 Å². The molecule has 0 saturated carbocycles. The van der Waals surface area contributed by atoms with E-state index >= 15 is 0 Å². The molecule has 1 rings (SSSR count). The molecule has 0 amide bonds. The van der Waals surface area contributed by atoms with Crippen molar-refractivity contribution in [1.29, 1.82) is 0 Å². The number of likely N-dealkylation sites (tertiary alicyclic amines) is 1. The number of nitrogens with zero attached hydrogens (tertiary/aromatic N) is 1. The molecule has 0 aromatic rings. The van der Waals surface area contributed by atoms with Gasteiger partial charge in [-0.15, -0.1) is 0 Å². The minimum Gasteiger partial charge on any atom is -0.395 e. The van der Waals surface area contributed by atoms with E-state index in [-0.39, 0.29) is 5.41 Å². The maximum absolute atomic E-state index is 9.44. The van der Waals surface area contributed by atoms with E-state index in [1.807, 2.05) is 7.05 Å². The van der Waals surface area contributed by atoms with Gasteiger partial charge in [0.1, 0.15) is 0 Å². The van der Waals surface area contributed by atoms with Crippen LogP contribution in [0.2, 0.25) is 0 Å². The zero-order valence-corrected chi connectivity index (χ0v) is 11.5. The summed E-state index contributed by atoms with van der Waals surface area (Å²) in [6.07, 6.45) is 1.22. The molecule has 1 aliphatic heterocycles. The van der Waals surface area contributed by atoms with Crippen LogP contribution in [0.3, 0.4) is 0 Å². The molecule has 3 unspecified atom stereocenters. The minimum atomic E-state index is 0.242. The van der Waals surface area contributed by atoms with Crippen molar-refractivity contribution in [2.75, 3.05) is 26.7 Å². The molecule has 0 aliphatic carbocycles. The Morgan fingerprint density at radius 1 is 1.50 bits per heavy atom. The molecule has 16 heavy (non-hydrogen) atoms. The van der Waals surface area contributed by atoms with Crippen molar-refractivity contribution in [3.63, 3.8) is 0 Å². The lowest BCUT2D eigenvalue weighted by Gasteiger charge is -2.38. The lowest BCUT2D eigenvalue weighted by molar-refractivity contribution is 0.0894. The minimum absolute atomic E-state index is 0.242. The van der Waals surface area contributed by atoms with Crippen molar-refractivity contribution in [3.05, 3.63) is 0 Å². The Hall–Kier alpha value is -0.120. The molecule has 3 heteroatoms. The average molecular weight is 228 g/mol. The van der Waals surface area contributed by atoms with Crippen LogP contribution in [0, 0.1) is 11.3 Å². The first-order valence-corrected chi connectivity index (χ1v) is 6.44. The normalized spacial score (nSPS) is 29.6. The smallest absolute Gasteiger partial charge is 0.0589 e. The van der Waals surface area contributed by atoms with Gasteiger partial charge in [-0.3, -0.25) is 4.90 Å². The van der Waals surface area contributed by atoms with Gasteiger partial charge in [0.25, 0.3) is 0 Å². The van der Waals surface area contributed by atoms with E-state index in [1.54, 1.807) is 0 Å². The highest BCUT2D eigenvalue weighted by atomic mass is 16.3. The van der Waals surface area contributed by atoms with E-state index in [0.717, 1.165) is 13.1 Å². The first-order valence-electron chi connectivity index (χ1n) is 6.44. The SMILES string of the molecule is CNC(C)C(C)(C)CN1CCC(C)C1CO. The van der Waals surface area contributed by atoms with Gasteiger partial charge in [0, 0.05) is 18.6 Å². The van der Waals surface area contributed by atoms with Crippen molar-refractivity contribution in [2.24, 2.45) is 11.3 Å². The van der Waals surface area contributed by atoms with Crippen LogP contribution in [0.15, 0.2) is 0 Å². The van der Waals surface area contributed by atoms with Gasteiger partial charge in [-0.1, -0.05) is 20.8 Å². The van der Waals surface area contributed by atoms with Gasteiger partial charge in [-0.25, -0.2) is 0 Å². The molecular weight excluding hydrogens is 200 g/mol. The van der Waals surface area contributed by atoms with E-state index in [0.29, 0.717) is 24.6 Å². The Kier molecular flexibility index (Phi) is 4.77. The van der Waals surface area contributed by atoms with Crippen LogP contribution in [0.4, 0.5) is 0 Å². The van der Waals surface area contributed by atoms with E-state index < -0.39 is 0 Å². The van der Waals surface area contributed by atoms with Gasteiger partial charge in [-0.05, 0) is 38.3 Å². The summed E-state index contributed by atoms with van der Waals surface area (Å²) in [6, 6.07) is 0.853. The van der Waals surface area contributed by atoms with Crippen molar-refractivity contribution in [1.82, 2.24) is 10.2 Å². The fourth-order valence-electron chi connectivity index (χ4n) is 2.63. The molecule has 1 fully saturated rings. The predicted molar refractivity (Wildman–Crippen MR) is 68.5 cm³/mol. The Morgan fingerprint density at radius 2 is 2.12 bits per heavy atom. The highest BCUT2D eigenvalue weighted by Gasteiger charge is 2.35. The summed E-state index contributed by atoms with van der Waals surface area (Å²) in [5, 5.41) is 12.8. The van der Waals surface area contributed by atoms with Crippen molar-refractivity contribution in [3.8, 4) is 0 Å². The van der Waals surface area contributed by atoms with Gasteiger partial charge in [0.2, 0.25) is 0 Å². The van der Waals surface area contributed by atoms with E-state index in [4.69, 9.17) is 0 Å². The number of hydrogen-bond donors (Lipinski definition) is 2. The summed E-state index contributed by atoms with van der Waals surface area (Å²) >= 11 is 0. The fraction of sp³-hybridized carbons (Fsp3) is 1.00. The molecule has 96 valence electrons. The predicted octanol–water partition coefficient (Wildman–Crippen LogP) is 1.32. The zero-order valence-electron chi connectivity index (χ0n) is 11.5. The lowest BCUT2D eigenvalue weighted by atomic mass is 9.84. The summed E-state index contributed by atoms with van der Waals surface area (Å²) in [4.78, 5) is 2.46. The van der Waals surface area contributed by atoms with Crippen LogP contribution >= 0.6 is 0 Å². The molecule has 1 heterocycles. The quantitative estimate of drug-likeness (QED) is 0.745. The summed E-state index contributed by atoms with van der Waals surface area (Å²) in [5.41, 5.74) is 0.242. The number of aliphatic hydroxyl groups is 1. The molecular formula is C13H28N2O. The molecule has 2 N–H and O–H groups in total. The van der Waals surface area contributed by atoms with Crippen LogP contribution in [0.5, 0.6) is 0 Å². The molecule has 3 nitrogen and oxygen atoms in total. The van der Waals surface area contributed by atoms with Crippen LogP contribution in [0.1, 0.15) is 34.1 Å². The third kappa shape index (κ3) is 2.96. The summed E-state index contributed by atoms with van der Waals surface area (Å²) < 4.78 is 0. The number of aliphatic hydroxyl groups excluding tert-OH is 1. The Balaban J connectivity index is 2.59.